The number of hydrogen-bond donors (Lipinski definition) is 1. The first kappa shape index (κ1) is 21.2. The summed E-state index contributed by atoms with van der Waals surface area (Å²) in [6, 6.07) is 4.12. The fourth-order valence-corrected chi connectivity index (χ4v) is 4.99. The molecule has 0 bridgehead atoms. The minimum absolute atomic E-state index is 0.0981. The van der Waals surface area contributed by atoms with Crippen LogP contribution in [0.5, 0.6) is 5.75 Å². The summed E-state index contributed by atoms with van der Waals surface area (Å²) < 4.78 is 58.6. The van der Waals surface area contributed by atoms with Gasteiger partial charge in [-0.05, 0) is 36.1 Å². The lowest BCUT2D eigenvalue weighted by molar-refractivity contribution is 0.0563. The quantitative estimate of drug-likeness (QED) is 0.609. The number of carbonyl (C=O) groups excluding carboxylic acids is 1. The van der Waals surface area contributed by atoms with E-state index in [1.165, 1.54) is 4.90 Å². The maximum atomic E-state index is 15.0. The first-order chi connectivity index (χ1) is 15.8. The molecule has 2 aromatic carbocycles. The van der Waals surface area contributed by atoms with Gasteiger partial charge in [0, 0.05) is 24.6 Å². The van der Waals surface area contributed by atoms with Gasteiger partial charge in [0.2, 0.25) is 5.43 Å². The van der Waals surface area contributed by atoms with Gasteiger partial charge in [-0.2, -0.15) is 5.10 Å². The van der Waals surface area contributed by atoms with Crippen LogP contribution in [0.1, 0.15) is 46.4 Å². The fourth-order valence-electron chi connectivity index (χ4n) is 4.99. The summed E-state index contributed by atoms with van der Waals surface area (Å²) >= 11 is 0. The lowest BCUT2D eigenvalue weighted by atomic mass is 9.79. The van der Waals surface area contributed by atoms with Crippen LogP contribution in [0, 0.1) is 23.3 Å². The second kappa shape index (κ2) is 7.72. The molecule has 170 valence electrons. The van der Waals surface area contributed by atoms with Crippen LogP contribution in [-0.4, -0.2) is 38.3 Å². The maximum absolute atomic E-state index is 15.0. The average molecular weight is 459 g/mol. The van der Waals surface area contributed by atoms with Gasteiger partial charge in [0.15, 0.2) is 11.4 Å². The predicted molar refractivity (Wildman–Crippen MR) is 108 cm³/mol. The van der Waals surface area contributed by atoms with Gasteiger partial charge >= 0.3 is 0 Å². The molecule has 0 spiro atoms. The average Bonchev–Trinajstić information content (AvgIpc) is 3.25. The largest absolute Gasteiger partial charge is 0.502 e. The Morgan fingerprint density at radius 2 is 1.58 bits per heavy atom. The van der Waals surface area contributed by atoms with Crippen molar-refractivity contribution in [2.24, 2.45) is 0 Å². The van der Waals surface area contributed by atoms with E-state index in [4.69, 9.17) is 0 Å². The number of aromatic hydroxyl groups is 1. The van der Waals surface area contributed by atoms with Crippen molar-refractivity contribution in [2.45, 2.75) is 30.8 Å². The van der Waals surface area contributed by atoms with E-state index in [0.717, 1.165) is 35.1 Å². The summed E-state index contributed by atoms with van der Waals surface area (Å²) in [6.07, 6.45) is 1.87. The zero-order valence-corrected chi connectivity index (χ0v) is 17.0. The highest BCUT2D eigenvalue weighted by Crippen LogP contribution is 2.46. The van der Waals surface area contributed by atoms with Crippen molar-refractivity contribution in [1.82, 2.24) is 14.7 Å². The summed E-state index contributed by atoms with van der Waals surface area (Å²) in [6.45, 7) is 0.313. The molecule has 2 aliphatic rings. The fraction of sp³-hybridized carbons (Fsp3) is 0.261. The highest BCUT2D eigenvalue weighted by Gasteiger charge is 2.49. The summed E-state index contributed by atoms with van der Waals surface area (Å²) in [7, 11) is 0. The van der Waals surface area contributed by atoms with Gasteiger partial charge < -0.3 is 10.0 Å². The Balaban J connectivity index is 1.82. The van der Waals surface area contributed by atoms with Crippen molar-refractivity contribution >= 4 is 5.91 Å². The number of nitrogens with zero attached hydrogens (tertiary/aromatic N) is 3. The normalized spacial score (nSPS) is 19.7. The first-order valence-electron chi connectivity index (χ1n) is 10.3. The third-order valence-electron chi connectivity index (χ3n) is 6.36. The van der Waals surface area contributed by atoms with Crippen molar-refractivity contribution in [2.75, 3.05) is 6.54 Å². The van der Waals surface area contributed by atoms with Crippen LogP contribution < -0.4 is 5.43 Å². The topological polar surface area (TPSA) is 75.4 Å². The Hall–Kier alpha value is -3.69. The van der Waals surface area contributed by atoms with Gasteiger partial charge in [-0.3, -0.25) is 14.3 Å². The van der Waals surface area contributed by atoms with Gasteiger partial charge in [-0.15, -0.1) is 0 Å². The molecule has 1 saturated heterocycles. The van der Waals surface area contributed by atoms with E-state index in [1.807, 2.05) is 0 Å². The van der Waals surface area contributed by atoms with E-state index in [1.54, 1.807) is 0 Å². The van der Waals surface area contributed by atoms with E-state index in [9.17, 15) is 23.5 Å². The lowest BCUT2D eigenvalue weighted by Gasteiger charge is -2.42. The molecule has 0 radical (unpaired) electrons. The molecular formula is C23H17F4N3O3. The molecule has 2 aliphatic heterocycles. The van der Waals surface area contributed by atoms with Gasteiger partial charge in [0.1, 0.15) is 23.3 Å². The molecule has 1 amide bonds. The van der Waals surface area contributed by atoms with Crippen LogP contribution in [0.2, 0.25) is 0 Å². The second-order valence-corrected chi connectivity index (χ2v) is 8.16. The van der Waals surface area contributed by atoms with Crippen LogP contribution in [0.4, 0.5) is 17.6 Å². The van der Waals surface area contributed by atoms with E-state index in [2.05, 4.69) is 5.10 Å². The van der Waals surface area contributed by atoms with Crippen LogP contribution >= 0.6 is 0 Å². The minimum atomic E-state index is -1.18. The molecule has 0 saturated carbocycles. The Kier molecular flexibility index (Phi) is 4.95. The van der Waals surface area contributed by atoms with E-state index in [-0.39, 0.29) is 16.8 Å². The Morgan fingerprint density at radius 3 is 2.15 bits per heavy atom. The van der Waals surface area contributed by atoms with E-state index in [0.29, 0.717) is 31.5 Å². The molecule has 0 aliphatic carbocycles. The van der Waals surface area contributed by atoms with E-state index >= 15 is 8.78 Å². The summed E-state index contributed by atoms with van der Waals surface area (Å²) in [5.74, 6) is -6.21. The number of aromatic nitrogens is 2. The number of halogens is 4. The van der Waals surface area contributed by atoms with Crippen LogP contribution in [0.25, 0.3) is 0 Å². The Bertz CT molecular complexity index is 1290. The Labute approximate surface area is 184 Å². The number of hydrogen-bond acceptors (Lipinski definition) is 4. The van der Waals surface area contributed by atoms with Crippen LogP contribution in [-0.2, 0) is 0 Å². The van der Waals surface area contributed by atoms with Crippen LogP contribution in [0.15, 0.2) is 47.4 Å². The van der Waals surface area contributed by atoms with E-state index < -0.39 is 58.4 Å². The third-order valence-corrected chi connectivity index (χ3v) is 6.36. The maximum Gasteiger partial charge on any atom is 0.276 e. The first-order valence-corrected chi connectivity index (χ1v) is 10.3. The smallest absolute Gasteiger partial charge is 0.276 e. The highest BCUT2D eigenvalue weighted by atomic mass is 19.1. The number of carbonyl (C=O) groups is 1. The SMILES string of the molecule is O=C1c2c(O)c(=O)cnn2[C@@H](C(c2ccc(F)cc2F)c2ccc(F)cc2F)[C@H]2CCCN12. The molecule has 2 atom stereocenters. The van der Waals surface area contributed by atoms with Crippen molar-refractivity contribution in [1.29, 1.82) is 0 Å². The highest BCUT2D eigenvalue weighted by molar-refractivity contribution is 5.96. The van der Waals surface area contributed by atoms with Crippen molar-refractivity contribution in [3.05, 3.63) is 92.9 Å². The lowest BCUT2D eigenvalue weighted by Crippen LogP contribution is -2.51. The number of fused-ring (bicyclic) bond motifs is 2. The minimum Gasteiger partial charge on any atom is -0.502 e. The molecule has 3 heterocycles. The summed E-state index contributed by atoms with van der Waals surface area (Å²) in [4.78, 5) is 26.5. The molecule has 1 aromatic heterocycles. The standard InChI is InChI=1S/C23H17F4N3O3/c24-11-3-5-13(15(26)8-11)19(14-6-4-12(25)9-16(14)27)20-17-2-1-7-29(17)23(33)21-22(32)18(31)10-28-30(20)21/h3-6,8-10,17,19-20,32H,1-2,7H2/t17-,20-/m1/s1. The molecular weight excluding hydrogens is 442 g/mol. The van der Waals surface area contributed by atoms with Crippen molar-refractivity contribution in [3.8, 4) is 5.75 Å². The molecule has 33 heavy (non-hydrogen) atoms. The van der Waals surface area contributed by atoms with Crippen molar-refractivity contribution in [3.63, 3.8) is 0 Å². The summed E-state index contributed by atoms with van der Waals surface area (Å²) in [5.41, 5.74) is -1.46. The predicted octanol–water partition coefficient (Wildman–Crippen LogP) is 3.50. The van der Waals surface area contributed by atoms with Gasteiger partial charge in [-0.25, -0.2) is 17.6 Å². The monoisotopic (exact) mass is 459 g/mol. The molecule has 5 rings (SSSR count). The van der Waals surface area contributed by atoms with Gasteiger partial charge in [0.25, 0.3) is 5.91 Å². The summed E-state index contributed by atoms with van der Waals surface area (Å²) in [5, 5.41) is 14.4. The van der Waals surface area contributed by atoms with Crippen molar-refractivity contribution < 1.29 is 27.5 Å². The Morgan fingerprint density at radius 1 is 0.970 bits per heavy atom. The zero-order valence-electron chi connectivity index (χ0n) is 17.0. The second-order valence-electron chi connectivity index (χ2n) is 8.16. The zero-order chi connectivity index (χ0) is 23.4. The number of rotatable bonds is 3. The molecule has 0 unspecified atom stereocenters. The number of benzene rings is 2. The molecule has 1 N–H and O–H groups in total. The van der Waals surface area contributed by atoms with Gasteiger partial charge in [0.05, 0.1) is 18.3 Å². The molecule has 10 heteroatoms. The molecule has 3 aromatic rings. The molecule has 1 fully saturated rings. The van der Waals surface area contributed by atoms with Gasteiger partial charge in [-0.1, -0.05) is 12.1 Å². The number of amides is 1. The third kappa shape index (κ3) is 3.28. The molecule has 6 nitrogen and oxygen atoms in total. The van der Waals surface area contributed by atoms with Crippen LogP contribution in [0.3, 0.4) is 0 Å².